The number of nitrogens with zero attached hydrogens (tertiary/aromatic N) is 3. The summed E-state index contributed by atoms with van der Waals surface area (Å²) in [6, 6.07) is 6.38. The number of aliphatic imine (C=N–C) groups is 1. The number of thioether (sulfide) groups is 1. The van der Waals surface area contributed by atoms with Crippen molar-refractivity contribution in [2.24, 2.45) is 4.99 Å². The van der Waals surface area contributed by atoms with Crippen molar-refractivity contribution in [3.05, 3.63) is 23.3 Å². The summed E-state index contributed by atoms with van der Waals surface area (Å²) in [6.07, 6.45) is 2.81. The molecule has 0 radical (unpaired) electrons. The molecule has 1 N–H and O–H groups in total. The highest BCUT2D eigenvalue weighted by Gasteiger charge is 2.26. The fraction of sp³-hybridized carbons (Fsp3) is 0.636. The maximum absolute atomic E-state index is 10.4. The summed E-state index contributed by atoms with van der Waals surface area (Å²) in [5, 5.41) is 19.8. The molecular formula is C22H31N3O3S. The normalized spacial score (nSPS) is 18.5. The lowest BCUT2D eigenvalue weighted by Crippen LogP contribution is -2.32. The Kier molecular flexibility index (Phi) is 8.22. The molecule has 7 heteroatoms. The highest BCUT2D eigenvalue weighted by Crippen LogP contribution is 2.35. The van der Waals surface area contributed by atoms with Crippen LogP contribution in [0.1, 0.15) is 37.8 Å². The molecule has 1 saturated heterocycles. The Morgan fingerprint density at radius 1 is 1.21 bits per heavy atom. The summed E-state index contributed by atoms with van der Waals surface area (Å²) in [6.45, 7) is 8.49. The highest BCUT2D eigenvalue weighted by atomic mass is 32.2. The Balaban J connectivity index is 1.73. The molecular weight excluding hydrogens is 386 g/mol. The standard InChI is InChI=1S/C22H31N3O3S/c1-3-27-19-11-16-7-8-24-22(18(16)12-20(19)28-4-2)21(13-23)29-15-17(26)14-25-9-5-6-10-25/h11-12,17,21,26H,3-10,14-15H2,1-2H3. The van der Waals surface area contributed by atoms with Crippen LogP contribution >= 0.6 is 11.8 Å². The summed E-state index contributed by atoms with van der Waals surface area (Å²) < 4.78 is 11.5. The first-order valence-electron chi connectivity index (χ1n) is 10.5. The largest absolute Gasteiger partial charge is 0.490 e. The summed E-state index contributed by atoms with van der Waals surface area (Å²) >= 11 is 1.48. The molecule has 2 atom stereocenters. The van der Waals surface area contributed by atoms with E-state index in [2.05, 4.69) is 16.0 Å². The van der Waals surface area contributed by atoms with E-state index in [0.717, 1.165) is 42.1 Å². The van der Waals surface area contributed by atoms with Gasteiger partial charge in [0.1, 0.15) is 5.25 Å². The van der Waals surface area contributed by atoms with Crippen LogP contribution in [0.5, 0.6) is 11.5 Å². The van der Waals surface area contributed by atoms with Gasteiger partial charge >= 0.3 is 0 Å². The third-order valence-electron chi connectivity index (χ3n) is 5.20. The average Bonchev–Trinajstić information content (AvgIpc) is 3.22. The molecule has 0 spiro atoms. The van der Waals surface area contributed by atoms with Crippen LogP contribution in [0.3, 0.4) is 0 Å². The van der Waals surface area contributed by atoms with Crippen molar-refractivity contribution in [1.82, 2.24) is 4.90 Å². The van der Waals surface area contributed by atoms with Crippen molar-refractivity contribution in [3.63, 3.8) is 0 Å². The number of hydrogen-bond donors (Lipinski definition) is 1. The van der Waals surface area contributed by atoms with E-state index in [9.17, 15) is 10.4 Å². The molecule has 2 aliphatic heterocycles. The second-order valence-electron chi connectivity index (χ2n) is 7.34. The van der Waals surface area contributed by atoms with Gasteiger partial charge < -0.3 is 19.5 Å². The minimum Gasteiger partial charge on any atom is -0.490 e. The lowest BCUT2D eigenvalue weighted by atomic mass is 9.95. The summed E-state index contributed by atoms with van der Waals surface area (Å²) in [5.74, 6) is 1.97. The fourth-order valence-electron chi connectivity index (χ4n) is 3.89. The maximum atomic E-state index is 10.4. The molecule has 2 unspecified atom stereocenters. The topological polar surface area (TPSA) is 78.1 Å². The number of β-amino-alcohol motifs (C(OH)–C–C–N with tert-alkyl or cyclic N) is 1. The van der Waals surface area contributed by atoms with Crippen LogP contribution in [-0.4, -0.2) is 72.2 Å². The van der Waals surface area contributed by atoms with Gasteiger partial charge in [-0.15, -0.1) is 11.8 Å². The van der Waals surface area contributed by atoms with E-state index >= 15 is 0 Å². The van der Waals surface area contributed by atoms with Crippen molar-refractivity contribution in [1.29, 1.82) is 5.26 Å². The third kappa shape index (κ3) is 5.65. The van der Waals surface area contributed by atoms with Gasteiger partial charge in [-0.3, -0.25) is 4.99 Å². The van der Waals surface area contributed by atoms with Crippen LogP contribution in [0.4, 0.5) is 0 Å². The highest BCUT2D eigenvalue weighted by molar-refractivity contribution is 8.00. The van der Waals surface area contributed by atoms with Crippen LogP contribution in [0.15, 0.2) is 17.1 Å². The first-order chi connectivity index (χ1) is 14.2. The number of aliphatic hydroxyl groups is 1. The zero-order valence-corrected chi connectivity index (χ0v) is 18.2. The predicted molar refractivity (Wildman–Crippen MR) is 117 cm³/mol. The molecule has 3 rings (SSSR count). The molecule has 1 aromatic carbocycles. The minimum absolute atomic E-state index is 0.408. The molecule has 2 heterocycles. The van der Waals surface area contributed by atoms with Crippen molar-refractivity contribution >= 4 is 17.5 Å². The molecule has 158 valence electrons. The molecule has 0 aromatic heterocycles. The van der Waals surface area contributed by atoms with Crippen LogP contribution in [0.2, 0.25) is 0 Å². The number of fused-ring (bicyclic) bond motifs is 1. The molecule has 0 amide bonds. The minimum atomic E-state index is -0.433. The molecule has 29 heavy (non-hydrogen) atoms. The summed E-state index contributed by atoms with van der Waals surface area (Å²) in [5.41, 5.74) is 2.90. The number of nitriles is 1. The van der Waals surface area contributed by atoms with E-state index in [0.29, 0.717) is 37.8 Å². The number of hydrogen-bond acceptors (Lipinski definition) is 7. The van der Waals surface area contributed by atoms with E-state index < -0.39 is 11.4 Å². The fourth-order valence-corrected chi connectivity index (χ4v) is 4.84. The summed E-state index contributed by atoms with van der Waals surface area (Å²) in [7, 11) is 0. The molecule has 6 nitrogen and oxygen atoms in total. The van der Waals surface area contributed by atoms with Gasteiger partial charge in [0.15, 0.2) is 11.5 Å². The van der Waals surface area contributed by atoms with Gasteiger partial charge in [0.2, 0.25) is 0 Å². The number of aliphatic hydroxyl groups excluding tert-OH is 1. The van der Waals surface area contributed by atoms with E-state index in [1.165, 1.54) is 24.6 Å². The molecule has 1 fully saturated rings. The molecule has 1 aromatic rings. The van der Waals surface area contributed by atoms with Gasteiger partial charge in [-0.25, -0.2) is 0 Å². The quantitative estimate of drug-likeness (QED) is 0.631. The molecule has 0 saturated carbocycles. The van der Waals surface area contributed by atoms with Gasteiger partial charge in [-0.2, -0.15) is 5.26 Å². The number of ether oxygens (including phenoxy) is 2. The number of likely N-dealkylation sites (tertiary alicyclic amines) is 1. The smallest absolute Gasteiger partial charge is 0.161 e. The lowest BCUT2D eigenvalue weighted by molar-refractivity contribution is 0.144. The van der Waals surface area contributed by atoms with E-state index in [-0.39, 0.29) is 0 Å². The SMILES string of the molecule is CCOc1cc2c(cc1OCC)C(C(C#N)SCC(O)CN1CCCC1)=NCC2. The van der Waals surface area contributed by atoms with Gasteiger partial charge in [-0.05, 0) is 63.9 Å². The van der Waals surface area contributed by atoms with Crippen molar-refractivity contribution in [2.75, 3.05) is 45.1 Å². The maximum Gasteiger partial charge on any atom is 0.161 e. The van der Waals surface area contributed by atoms with Gasteiger partial charge in [0, 0.05) is 24.4 Å². The van der Waals surface area contributed by atoms with Gasteiger partial charge in [0.25, 0.3) is 0 Å². The Morgan fingerprint density at radius 2 is 1.90 bits per heavy atom. The average molecular weight is 418 g/mol. The van der Waals surface area contributed by atoms with Crippen molar-refractivity contribution in [3.8, 4) is 17.6 Å². The van der Waals surface area contributed by atoms with E-state index in [1.807, 2.05) is 26.0 Å². The van der Waals surface area contributed by atoms with Crippen LogP contribution in [0.25, 0.3) is 0 Å². The first-order valence-corrected chi connectivity index (χ1v) is 11.6. The molecule has 0 bridgehead atoms. The zero-order valence-electron chi connectivity index (χ0n) is 17.4. The Morgan fingerprint density at radius 3 is 2.55 bits per heavy atom. The Labute approximate surface area is 177 Å². The Bertz CT molecular complexity index is 756. The van der Waals surface area contributed by atoms with Gasteiger partial charge in [-0.1, -0.05) is 0 Å². The Hall–Kier alpha value is -1.75. The van der Waals surface area contributed by atoms with E-state index in [4.69, 9.17) is 9.47 Å². The van der Waals surface area contributed by atoms with Crippen LogP contribution in [-0.2, 0) is 6.42 Å². The second kappa shape index (κ2) is 10.9. The lowest BCUT2D eigenvalue weighted by Gasteiger charge is -2.24. The predicted octanol–water partition coefficient (Wildman–Crippen LogP) is 2.91. The second-order valence-corrected chi connectivity index (χ2v) is 8.48. The van der Waals surface area contributed by atoms with Crippen LogP contribution < -0.4 is 9.47 Å². The summed E-state index contributed by atoms with van der Waals surface area (Å²) in [4.78, 5) is 6.98. The van der Waals surface area contributed by atoms with Crippen LogP contribution in [0, 0.1) is 11.3 Å². The zero-order chi connectivity index (χ0) is 20.6. The van der Waals surface area contributed by atoms with E-state index in [1.54, 1.807) is 0 Å². The first kappa shape index (κ1) is 21.9. The monoisotopic (exact) mass is 417 g/mol. The van der Waals surface area contributed by atoms with Gasteiger partial charge in [0.05, 0.1) is 31.1 Å². The van der Waals surface area contributed by atoms with Crippen molar-refractivity contribution in [2.45, 2.75) is 44.5 Å². The molecule has 2 aliphatic rings. The van der Waals surface area contributed by atoms with Crippen molar-refractivity contribution < 1.29 is 14.6 Å². The molecule has 0 aliphatic carbocycles. The number of benzene rings is 1. The third-order valence-corrected chi connectivity index (χ3v) is 6.44. The number of rotatable bonds is 10.